The number of carbonyl (C=O) groups excluding carboxylic acids is 3. The fourth-order valence-electron chi connectivity index (χ4n) is 3.34. The van der Waals surface area contributed by atoms with E-state index in [4.69, 9.17) is 16.3 Å². The van der Waals surface area contributed by atoms with Gasteiger partial charge in [-0.15, -0.1) is 0 Å². The number of urea groups is 1. The maximum Gasteiger partial charge on any atom is 0.339 e. The molecular formula is C25H17ClN2O6. The molecule has 1 aliphatic heterocycles. The first-order valence-corrected chi connectivity index (χ1v) is 10.4. The van der Waals surface area contributed by atoms with Crippen LogP contribution in [0.5, 0.6) is 5.75 Å². The second kappa shape index (κ2) is 9.60. The van der Waals surface area contributed by atoms with Crippen LogP contribution < -0.4 is 15.0 Å². The van der Waals surface area contributed by atoms with Crippen molar-refractivity contribution in [2.75, 3.05) is 4.90 Å². The number of benzene rings is 3. The number of barbiturate groups is 1. The molecule has 0 saturated carbocycles. The number of rotatable bonds is 6. The summed E-state index contributed by atoms with van der Waals surface area (Å²) >= 11 is 6.12. The average molecular weight is 477 g/mol. The molecule has 0 aromatic heterocycles. The van der Waals surface area contributed by atoms with Crippen LogP contribution in [-0.4, -0.2) is 28.9 Å². The molecule has 4 amide bonds. The molecule has 3 aromatic carbocycles. The van der Waals surface area contributed by atoms with Crippen LogP contribution in [0, 0.1) is 0 Å². The topological polar surface area (TPSA) is 113 Å². The normalized spacial score (nSPS) is 14.8. The number of anilines is 1. The number of ether oxygens (including phenoxy) is 1. The van der Waals surface area contributed by atoms with Gasteiger partial charge in [0.25, 0.3) is 11.8 Å². The first kappa shape index (κ1) is 22.8. The number of carboxylic acids is 1. The molecule has 9 heteroatoms. The molecule has 0 radical (unpaired) electrons. The van der Waals surface area contributed by atoms with Gasteiger partial charge >= 0.3 is 12.0 Å². The van der Waals surface area contributed by atoms with E-state index in [0.29, 0.717) is 0 Å². The van der Waals surface area contributed by atoms with E-state index in [1.807, 2.05) is 30.3 Å². The number of nitrogens with zero attached hydrogens (tertiary/aromatic N) is 1. The Balaban J connectivity index is 1.65. The van der Waals surface area contributed by atoms with Gasteiger partial charge in [0.1, 0.15) is 23.5 Å². The molecule has 1 fully saturated rings. The highest BCUT2D eigenvalue weighted by atomic mass is 35.5. The molecule has 0 spiro atoms. The molecule has 0 bridgehead atoms. The lowest BCUT2D eigenvalue weighted by molar-refractivity contribution is -0.122. The Hall–Kier alpha value is -4.43. The van der Waals surface area contributed by atoms with Crippen LogP contribution in [0.25, 0.3) is 6.08 Å². The fourth-order valence-corrected chi connectivity index (χ4v) is 3.56. The molecule has 170 valence electrons. The molecule has 3 aromatic rings. The Bertz CT molecular complexity index is 1340. The fraction of sp³-hybridized carbons (Fsp3) is 0.0400. The third-order valence-electron chi connectivity index (χ3n) is 4.98. The number of hydrogen-bond acceptors (Lipinski definition) is 5. The van der Waals surface area contributed by atoms with Gasteiger partial charge < -0.3 is 9.84 Å². The SMILES string of the molecule is O=C1NC(=O)N(c2ccccc2Cl)C(=O)/C1=C\c1ccc(OCc2ccccc2)c(C(=O)O)c1. The molecule has 0 atom stereocenters. The zero-order chi connectivity index (χ0) is 24.2. The van der Waals surface area contributed by atoms with Crippen molar-refractivity contribution in [1.82, 2.24) is 5.32 Å². The first-order valence-electron chi connectivity index (χ1n) is 10.0. The van der Waals surface area contributed by atoms with Gasteiger partial charge in [-0.1, -0.05) is 60.1 Å². The molecule has 1 aliphatic rings. The van der Waals surface area contributed by atoms with Gasteiger partial charge in [-0.25, -0.2) is 14.5 Å². The van der Waals surface area contributed by atoms with Crippen molar-refractivity contribution in [2.45, 2.75) is 6.61 Å². The Morgan fingerprint density at radius 3 is 2.41 bits per heavy atom. The van der Waals surface area contributed by atoms with E-state index in [1.54, 1.807) is 12.1 Å². The van der Waals surface area contributed by atoms with Crippen LogP contribution >= 0.6 is 11.6 Å². The summed E-state index contributed by atoms with van der Waals surface area (Å²) in [6, 6.07) is 18.7. The summed E-state index contributed by atoms with van der Waals surface area (Å²) in [5.41, 5.74) is 0.734. The molecule has 34 heavy (non-hydrogen) atoms. The van der Waals surface area contributed by atoms with Crippen molar-refractivity contribution in [2.24, 2.45) is 0 Å². The number of nitrogens with one attached hydrogen (secondary N) is 1. The number of hydrogen-bond donors (Lipinski definition) is 2. The predicted molar refractivity (Wildman–Crippen MR) is 125 cm³/mol. The van der Waals surface area contributed by atoms with Gasteiger partial charge in [0, 0.05) is 0 Å². The molecule has 2 N–H and O–H groups in total. The van der Waals surface area contributed by atoms with Gasteiger partial charge in [0.05, 0.1) is 10.7 Å². The van der Waals surface area contributed by atoms with Gasteiger partial charge in [0.2, 0.25) is 0 Å². The highest BCUT2D eigenvalue weighted by Crippen LogP contribution is 2.29. The Kier molecular flexibility index (Phi) is 6.42. The molecule has 4 rings (SSSR count). The van der Waals surface area contributed by atoms with Crippen LogP contribution in [0.15, 0.2) is 78.4 Å². The predicted octanol–water partition coefficient (Wildman–Crippen LogP) is 4.28. The lowest BCUT2D eigenvalue weighted by atomic mass is 10.0. The second-order valence-corrected chi connectivity index (χ2v) is 7.65. The van der Waals surface area contributed by atoms with Crippen molar-refractivity contribution in [3.63, 3.8) is 0 Å². The number of amides is 4. The third-order valence-corrected chi connectivity index (χ3v) is 5.30. The molecular weight excluding hydrogens is 460 g/mol. The van der Waals surface area contributed by atoms with Crippen LogP contribution in [-0.2, 0) is 16.2 Å². The van der Waals surface area contributed by atoms with E-state index < -0.39 is 23.8 Å². The minimum Gasteiger partial charge on any atom is -0.488 e. The minimum absolute atomic E-state index is 0.112. The second-order valence-electron chi connectivity index (χ2n) is 7.24. The quantitative estimate of drug-likeness (QED) is 0.405. The largest absolute Gasteiger partial charge is 0.488 e. The number of aromatic carboxylic acids is 1. The monoisotopic (exact) mass is 476 g/mol. The standard InChI is InChI=1S/C25H17ClN2O6/c26-19-8-4-5-9-20(19)28-23(30)18(22(29)27-25(28)33)13-16-10-11-21(17(12-16)24(31)32)34-14-15-6-2-1-3-7-15/h1-13H,14H2,(H,31,32)(H,27,29,33)/b18-13-. The van der Waals surface area contributed by atoms with Crippen molar-refractivity contribution >= 4 is 47.2 Å². The third kappa shape index (κ3) is 4.67. The first-order chi connectivity index (χ1) is 16.3. The van der Waals surface area contributed by atoms with Crippen LogP contribution in [0.4, 0.5) is 10.5 Å². The molecule has 0 aliphatic carbocycles. The number of imide groups is 2. The summed E-state index contributed by atoms with van der Waals surface area (Å²) in [5.74, 6) is -2.90. The van der Waals surface area contributed by atoms with E-state index in [2.05, 4.69) is 5.32 Å². The van der Waals surface area contributed by atoms with Crippen molar-refractivity contribution < 1.29 is 29.0 Å². The summed E-state index contributed by atoms with van der Waals surface area (Å²) in [6.45, 7) is 0.164. The maximum absolute atomic E-state index is 13.0. The highest BCUT2D eigenvalue weighted by Gasteiger charge is 2.37. The number of para-hydroxylation sites is 1. The number of carbonyl (C=O) groups is 4. The summed E-state index contributed by atoms with van der Waals surface area (Å²) in [6.07, 6.45) is 1.21. The van der Waals surface area contributed by atoms with E-state index in [1.165, 1.54) is 36.4 Å². The zero-order valence-corrected chi connectivity index (χ0v) is 18.3. The molecule has 1 saturated heterocycles. The van der Waals surface area contributed by atoms with Gasteiger partial charge in [-0.05, 0) is 41.5 Å². The van der Waals surface area contributed by atoms with E-state index >= 15 is 0 Å². The molecule has 8 nitrogen and oxygen atoms in total. The van der Waals surface area contributed by atoms with Crippen LogP contribution in [0.3, 0.4) is 0 Å². The van der Waals surface area contributed by atoms with Crippen molar-refractivity contribution in [3.8, 4) is 5.75 Å². The van der Waals surface area contributed by atoms with Gasteiger partial charge in [-0.2, -0.15) is 0 Å². The van der Waals surface area contributed by atoms with Gasteiger partial charge in [-0.3, -0.25) is 14.9 Å². The van der Waals surface area contributed by atoms with Gasteiger partial charge in [0.15, 0.2) is 0 Å². The summed E-state index contributed by atoms with van der Waals surface area (Å²) < 4.78 is 5.66. The van der Waals surface area contributed by atoms with Crippen LogP contribution in [0.1, 0.15) is 21.5 Å². The molecule has 1 heterocycles. The Morgan fingerprint density at radius 1 is 1.00 bits per heavy atom. The van der Waals surface area contributed by atoms with E-state index in [0.717, 1.165) is 10.5 Å². The lowest BCUT2D eigenvalue weighted by Crippen LogP contribution is -2.54. The Morgan fingerprint density at radius 2 is 1.71 bits per heavy atom. The smallest absolute Gasteiger partial charge is 0.339 e. The van der Waals surface area contributed by atoms with E-state index in [9.17, 15) is 24.3 Å². The molecule has 0 unspecified atom stereocenters. The number of carboxylic acid groups (broad SMARTS) is 1. The zero-order valence-electron chi connectivity index (χ0n) is 17.5. The summed E-state index contributed by atoms with van der Waals surface area (Å²) in [7, 11) is 0. The Labute approximate surface area is 199 Å². The minimum atomic E-state index is -1.24. The van der Waals surface area contributed by atoms with Crippen molar-refractivity contribution in [3.05, 3.63) is 100 Å². The number of halogens is 1. The van der Waals surface area contributed by atoms with E-state index in [-0.39, 0.29) is 39.8 Å². The highest BCUT2D eigenvalue weighted by molar-refractivity contribution is 6.42. The van der Waals surface area contributed by atoms with Crippen LogP contribution in [0.2, 0.25) is 5.02 Å². The average Bonchev–Trinajstić information content (AvgIpc) is 2.82. The van der Waals surface area contributed by atoms with Crippen molar-refractivity contribution in [1.29, 1.82) is 0 Å². The summed E-state index contributed by atoms with van der Waals surface area (Å²) in [4.78, 5) is 50.3. The maximum atomic E-state index is 13.0. The summed E-state index contributed by atoms with van der Waals surface area (Å²) in [5, 5.41) is 11.9. The lowest BCUT2D eigenvalue weighted by Gasteiger charge is -2.27.